The van der Waals surface area contributed by atoms with Crippen LogP contribution in [-0.4, -0.2) is 9.91 Å². The summed E-state index contributed by atoms with van der Waals surface area (Å²) in [5.41, 5.74) is 0.367. The molecule has 4 nitrogen and oxygen atoms in total. The third-order valence-electron chi connectivity index (χ3n) is 2.13. The summed E-state index contributed by atoms with van der Waals surface area (Å²) in [5, 5.41) is 10.9. The van der Waals surface area contributed by atoms with Gasteiger partial charge in [0.1, 0.15) is 11.5 Å². The van der Waals surface area contributed by atoms with E-state index in [2.05, 4.69) is 20.9 Å². The zero-order valence-corrected chi connectivity index (χ0v) is 10.0. The topological polar surface area (TPSA) is 56.0 Å². The molecule has 0 spiro atoms. The minimum absolute atomic E-state index is 0.151. The number of aromatic nitrogens is 1. The van der Waals surface area contributed by atoms with Crippen molar-refractivity contribution >= 4 is 21.6 Å². The van der Waals surface area contributed by atoms with Gasteiger partial charge in [-0.15, -0.1) is 0 Å². The lowest BCUT2D eigenvalue weighted by Crippen LogP contribution is -1.95. The van der Waals surface area contributed by atoms with Gasteiger partial charge < -0.3 is 0 Å². The monoisotopic (exact) mass is 296 g/mol. The van der Waals surface area contributed by atoms with E-state index in [0.717, 1.165) is 0 Å². The highest BCUT2D eigenvalue weighted by Crippen LogP contribution is 2.30. The zero-order chi connectivity index (χ0) is 12.4. The van der Waals surface area contributed by atoms with Crippen LogP contribution in [0.3, 0.4) is 0 Å². The molecule has 86 valence electrons. The third-order valence-corrected chi connectivity index (χ3v) is 2.56. The number of benzene rings is 1. The van der Waals surface area contributed by atoms with E-state index in [4.69, 9.17) is 0 Å². The number of nitrogens with zero attached hydrogens (tertiary/aromatic N) is 2. The van der Waals surface area contributed by atoms with Gasteiger partial charge in [0.2, 0.25) is 0 Å². The Labute approximate surface area is 104 Å². The highest BCUT2D eigenvalue weighted by molar-refractivity contribution is 9.10. The summed E-state index contributed by atoms with van der Waals surface area (Å²) in [6.07, 6.45) is 1.44. The predicted octanol–water partition coefficient (Wildman–Crippen LogP) is 3.56. The van der Waals surface area contributed by atoms with Gasteiger partial charge in [-0.1, -0.05) is 12.1 Å². The molecule has 0 atom stereocenters. The summed E-state index contributed by atoms with van der Waals surface area (Å²) >= 11 is 3.11. The second kappa shape index (κ2) is 4.58. The number of halogens is 2. The molecule has 0 saturated heterocycles. The second-order valence-electron chi connectivity index (χ2n) is 3.29. The Bertz CT molecular complexity index is 589. The SMILES string of the molecule is O=[N+]([O-])c1cc(Br)cnc1-c1cccc(F)c1. The molecule has 1 aromatic heterocycles. The molecule has 0 bridgehead atoms. The van der Waals surface area contributed by atoms with Crippen molar-refractivity contribution in [2.75, 3.05) is 0 Å². The summed E-state index contributed by atoms with van der Waals surface area (Å²) < 4.78 is 13.6. The maximum atomic E-state index is 13.1. The zero-order valence-electron chi connectivity index (χ0n) is 8.43. The number of hydrogen-bond donors (Lipinski definition) is 0. The molecule has 1 aromatic carbocycles. The molecule has 0 radical (unpaired) electrons. The van der Waals surface area contributed by atoms with Crippen molar-refractivity contribution in [3.8, 4) is 11.3 Å². The third kappa shape index (κ3) is 2.47. The first-order chi connectivity index (χ1) is 8.08. The Morgan fingerprint density at radius 2 is 2.12 bits per heavy atom. The maximum Gasteiger partial charge on any atom is 0.296 e. The summed E-state index contributed by atoms with van der Waals surface area (Å²) in [4.78, 5) is 14.3. The molecule has 0 amide bonds. The fraction of sp³-hybridized carbons (Fsp3) is 0. The van der Waals surface area contributed by atoms with Gasteiger partial charge in [-0.05, 0) is 28.1 Å². The van der Waals surface area contributed by atoms with E-state index >= 15 is 0 Å². The van der Waals surface area contributed by atoms with Gasteiger partial charge in [-0.25, -0.2) is 9.37 Å². The lowest BCUT2D eigenvalue weighted by atomic mass is 10.1. The largest absolute Gasteiger partial charge is 0.296 e. The average molecular weight is 297 g/mol. The lowest BCUT2D eigenvalue weighted by molar-refractivity contribution is -0.384. The van der Waals surface area contributed by atoms with Gasteiger partial charge in [0.05, 0.1) is 4.92 Å². The molecule has 1 heterocycles. The average Bonchev–Trinajstić information content (AvgIpc) is 2.28. The first kappa shape index (κ1) is 11.7. The van der Waals surface area contributed by atoms with Crippen LogP contribution in [0.1, 0.15) is 0 Å². The molecule has 0 unspecified atom stereocenters. The van der Waals surface area contributed by atoms with E-state index in [1.807, 2.05) is 0 Å². The van der Waals surface area contributed by atoms with Gasteiger partial charge in [-0.3, -0.25) is 10.1 Å². The molecule has 6 heteroatoms. The molecule has 2 rings (SSSR count). The Balaban J connectivity index is 2.63. The van der Waals surface area contributed by atoms with Gasteiger partial charge in [-0.2, -0.15) is 0 Å². The minimum atomic E-state index is -0.544. The summed E-state index contributed by atoms with van der Waals surface area (Å²) in [6.45, 7) is 0. The predicted molar refractivity (Wildman–Crippen MR) is 64.0 cm³/mol. The standard InChI is InChI=1S/C11H6BrFN2O2/c12-8-5-10(15(16)17)11(14-6-8)7-2-1-3-9(13)4-7/h1-6H. The van der Waals surface area contributed by atoms with E-state index in [-0.39, 0.29) is 11.4 Å². The maximum absolute atomic E-state index is 13.1. The van der Waals surface area contributed by atoms with Crippen LogP contribution in [0.5, 0.6) is 0 Å². The molecular weight excluding hydrogens is 291 g/mol. The van der Waals surface area contributed by atoms with Crippen molar-refractivity contribution in [1.29, 1.82) is 0 Å². The number of nitro groups is 1. The second-order valence-corrected chi connectivity index (χ2v) is 4.20. The highest BCUT2D eigenvalue weighted by Gasteiger charge is 2.17. The van der Waals surface area contributed by atoms with Gasteiger partial charge in [0, 0.05) is 22.3 Å². The number of rotatable bonds is 2. The quantitative estimate of drug-likeness (QED) is 0.629. The van der Waals surface area contributed by atoms with Gasteiger partial charge in [0.25, 0.3) is 5.69 Å². The van der Waals surface area contributed by atoms with E-state index < -0.39 is 10.7 Å². The lowest BCUT2D eigenvalue weighted by Gasteiger charge is -2.02. The Morgan fingerprint density at radius 1 is 1.35 bits per heavy atom. The van der Waals surface area contributed by atoms with Crippen molar-refractivity contribution < 1.29 is 9.31 Å². The molecule has 0 aliphatic rings. The van der Waals surface area contributed by atoms with Crippen LogP contribution in [0.4, 0.5) is 10.1 Å². The van der Waals surface area contributed by atoms with Crippen LogP contribution in [0.25, 0.3) is 11.3 Å². The Hall–Kier alpha value is -1.82. The summed E-state index contributed by atoms with van der Waals surface area (Å²) in [5.74, 6) is -0.457. The molecular formula is C11H6BrFN2O2. The summed E-state index contributed by atoms with van der Waals surface area (Å²) in [6, 6.07) is 6.88. The number of hydrogen-bond acceptors (Lipinski definition) is 3. The first-order valence-corrected chi connectivity index (χ1v) is 5.43. The molecule has 2 aromatic rings. The molecule has 0 aliphatic heterocycles. The van der Waals surface area contributed by atoms with Crippen molar-refractivity contribution in [3.05, 3.63) is 56.9 Å². The smallest absolute Gasteiger partial charge is 0.258 e. The highest BCUT2D eigenvalue weighted by atomic mass is 79.9. The minimum Gasteiger partial charge on any atom is -0.258 e. The fourth-order valence-corrected chi connectivity index (χ4v) is 1.75. The van der Waals surface area contributed by atoms with Crippen LogP contribution >= 0.6 is 15.9 Å². The van der Waals surface area contributed by atoms with E-state index in [1.165, 1.54) is 30.5 Å². The van der Waals surface area contributed by atoms with Crippen molar-refractivity contribution in [2.24, 2.45) is 0 Å². The first-order valence-electron chi connectivity index (χ1n) is 4.64. The summed E-state index contributed by atoms with van der Waals surface area (Å²) in [7, 11) is 0. The number of pyridine rings is 1. The van der Waals surface area contributed by atoms with Gasteiger partial charge >= 0.3 is 0 Å². The van der Waals surface area contributed by atoms with E-state index in [1.54, 1.807) is 6.07 Å². The molecule has 0 N–H and O–H groups in total. The van der Waals surface area contributed by atoms with E-state index in [9.17, 15) is 14.5 Å². The van der Waals surface area contributed by atoms with E-state index in [0.29, 0.717) is 10.0 Å². The molecule has 0 fully saturated rings. The fourth-order valence-electron chi connectivity index (χ4n) is 1.43. The van der Waals surface area contributed by atoms with Crippen molar-refractivity contribution in [3.63, 3.8) is 0 Å². The van der Waals surface area contributed by atoms with Crippen LogP contribution in [0, 0.1) is 15.9 Å². The normalized spacial score (nSPS) is 10.2. The molecule has 0 saturated carbocycles. The van der Waals surface area contributed by atoms with Crippen LogP contribution < -0.4 is 0 Å². The molecule has 0 aliphatic carbocycles. The van der Waals surface area contributed by atoms with Crippen molar-refractivity contribution in [1.82, 2.24) is 4.98 Å². The Kier molecular flexibility index (Phi) is 3.14. The van der Waals surface area contributed by atoms with Crippen LogP contribution in [0.2, 0.25) is 0 Å². The molecule has 17 heavy (non-hydrogen) atoms. The van der Waals surface area contributed by atoms with Gasteiger partial charge in [0.15, 0.2) is 0 Å². The Morgan fingerprint density at radius 3 is 2.76 bits per heavy atom. The van der Waals surface area contributed by atoms with Crippen LogP contribution in [-0.2, 0) is 0 Å². The van der Waals surface area contributed by atoms with Crippen LogP contribution in [0.15, 0.2) is 41.0 Å². The van der Waals surface area contributed by atoms with Crippen molar-refractivity contribution in [2.45, 2.75) is 0 Å².